The van der Waals surface area contributed by atoms with Crippen LogP contribution in [0.1, 0.15) is 18.3 Å². The van der Waals surface area contributed by atoms with Gasteiger partial charge in [0.1, 0.15) is 11.0 Å². The summed E-state index contributed by atoms with van der Waals surface area (Å²) in [5, 5.41) is 12.4. The second-order valence-electron chi connectivity index (χ2n) is 4.88. The van der Waals surface area contributed by atoms with Crippen molar-refractivity contribution < 1.29 is 0 Å². The maximum absolute atomic E-state index is 6.36. The minimum atomic E-state index is 0.699. The minimum absolute atomic E-state index is 0.699. The molecular weight excluding hydrogens is 262 g/mol. The third kappa shape index (κ3) is 2.59. The molecule has 2 aromatic rings. The number of aryl methyl sites for hydroxylation is 1. The van der Waals surface area contributed by atoms with E-state index >= 15 is 0 Å². The maximum atomic E-state index is 6.36. The van der Waals surface area contributed by atoms with Crippen LogP contribution in [-0.4, -0.2) is 45.7 Å². The molecule has 1 aliphatic rings. The molecule has 3 heterocycles. The monoisotopic (exact) mass is 279 g/mol. The number of rotatable bonds is 3. The first-order chi connectivity index (χ1) is 9.28. The molecule has 0 unspecified atom stereocenters. The molecule has 0 aromatic carbocycles. The number of piperazine rings is 1. The lowest BCUT2D eigenvalue weighted by Gasteiger charge is -2.27. The fraction of sp³-hybridized carbons (Fsp3) is 0.538. The van der Waals surface area contributed by atoms with E-state index in [1.54, 1.807) is 0 Å². The van der Waals surface area contributed by atoms with Crippen LogP contribution >= 0.6 is 11.6 Å². The Morgan fingerprint density at radius 2 is 2.05 bits per heavy atom. The highest BCUT2D eigenvalue weighted by atomic mass is 35.5. The number of aromatic nitrogens is 3. The Morgan fingerprint density at radius 3 is 2.79 bits per heavy atom. The lowest BCUT2D eigenvalue weighted by Crippen LogP contribution is -2.42. The van der Waals surface area contributed by atoms with Crippen molar-refractivity contribution in [1.29, 1.82) is 0 Å². The van der Waals surface area contributed by atoms with E-state index in [1.165, 1.54) is 5.56 Å². The lowest BCUT2D eigenvalue weighted by molar-refractivity contribution is 0.233. The van der Waals surface area contributed by atoms with Gasteiger partial charge in [0.2, 0.25) is 0 Å². The lowest BCUT2D eigenvalue weighted by atomic mass is 10.2. The highest BCUT2D eigenvalue weighted by Crippen LogP contribution is 2.18. The predicted octanol–water partition coefficient (Wildman–Crippen LogP) is 1.35. The summed E-state index contributed by atoms with van der Waals surface area (Å²) in [7, 11) is 0. The normalized spacial score (nSPS) is 17.2. The van der Waals surface area contributed by atoms with Crippen LogP contribution in [0.3, 0.4) is 0 Å². The van der Waals surface area contributed by atoms with Gasteiger partial charge in [-0.15, -0.1) is 10.2 Å². The van der Waals surface area contributed by atoms with Gasteiger partial charge in [-0.3, -0.25) is 9.30 Å². The minimum Gasteiger partial charge on any atom is -0.314 e. The first-order valence-electron chi connectivity index (χ1n) is 6.73. The Kier molecular flexibility index (Phi) is 3.68. The Hall–Kier alpha value is -1.17. The average Bonchev–Trinajstić information content (AvgIpc) is 2.83. The van der Waals surface area contributed by atoms with Gasteiger partial charge in [0.15, 0.2) is 5.65 Å². The van der Waals surface area contributed by atoms with Crippen LogP contribution in [0.5, 0.6) is 0 Å². The molecule has 0 spiro atoms. The first-order valence-corrected chi connectivity index (χ1v) is 7.11. The van der Waals surface area contributed by atoms with Crippen molar-refractivity contribution in [2.75, 3.05) is 26.2 Å². The summed E-state index contributed by atoms with van der Waals surface area (Å²) in [6.07, 6.45) is 0.831. The molecule has 5 nitrogen and oxygen atoms in total. The topological polar surface area (TPSA) is 45.5 Å². The van der Waals surface area contributed by atoms with E-state index in [0.717, 1.165) is 50.6 Å². The van der Waals surface area contributed by atoms with Crippen molar-refractivity contribution in [2.24, 2.45) is 0 Å². The molecule has 1 aliphatic heterocycles. The third-order valence-corrected chi connectivity index (χ3v) is 3.80. The fourth-order valence-corrected chi connectivity index (χ4v) is 2.85. The van der Waals surface area contributed by atoms with Crippen LogP contribution < -0.4 is 5.32 Å². The first kappa shape index (κ1) is 12.8. The summed E-state index contributed by atoms with van der Waals surface area (Å²) in [5.41, 5.74) is 2.05. The molecule has 1 fully saturated rings. The Balaban J connectivity index is 1.88. The number of nitrogens with one attached hydrogen (secondary N) is 1. The van der Waals surface area contributed by atoms with Gasteiger partial charge in [-0.1, -0.05) is 18.5 Å². The average molecular weight is 280 g/mol. The van der Waals surface area contributed by atoms with E-state index in [4.69, 9.17) is 11.6 Å². The van der Waals surface area contributed by atoms with Crippen LogP contribution in [0.25, 0.3) is 5.65 Å². The van der Waals surface area contributed by atoms with Gasteiger partial charge < -0.3 is 5.32 Å². The summed E-state index contributed by atoms with van der Waals surface area (Å²) in [4.78, 5) is 2.43. The third-order valence-electron chi connectivity index (χ3n) is 3.52. The fourth-order valence-electron chi connectivity index (χ4n) is 2.53. The molecule has 1 saturated heterocycles. The summed E-state index contributed by atoms with van der Waals surface area (Å²) < 4.78 is 1.92. The zero-order chi connectivity index (χ0) is 13.2. The second kappa shape index (κ2) is 5.45. The molecule has 0 bridgehead atoms. The van der Waals surface area contributed by atoms with E-state index in [2.05, 4.69) is 33.4 Å². The predicted molar refractivity (Wildman–Crippen MR) is 75.5 cm³/mol. The summed E-state index contributed by atoms with van der Waals surface area (Å²) in [6, 6.07) is 4.11. The Labute approximate surface area is 117 Å². The number of hydrogen-bond donors (Lipinski definition) is 1. The van der Waals surface area contributed by atoms with Crippen LogP contribution in [0.2, 0.25) is 5.15 Å². The van der Waals surface area contributed by atoms with Crippen LogP contribution in [0, 0.1) is 0 Å². The van der Waals surface area contributed by atoms with Crippen LogP contribution in [-0.2, 0) is 13.0 Å². The van der Waals surface area contributed by atoms with Gasteiger partial charge in [-0.25, -0.2) is 0 Å². The van der Waals surface area contributed by atoms with Gasteiger partial charge in [0.25, 0.3) is 0 Å². The highest BCUT2D eigenvalue weighted by Gasteiger charge is 2.13. The van der Waals surface area contributed by atoms with E-state index in [9.17, 15) is 0 Å². The maximum Gasteiger partial charge on any atom is 0.162 e. The molecule has 0 aliphatic carbocycles. The standard InChI is InChI=1S/C13H18ClN5/c1-2-12-16-17-13-8-10(7-11(14)19(12)13)9-18-5-3-15-4-6-18/h7-8,15H,2-6,9H2,1H3. The largest absolute Gasteiger partial charge is 0.314 e. The number of hydrogen-bond acceptors (Lipinski definition) is 4. The molecule has 0 radical (unpaired) electrons. The Morgan fingerprint density at radius 1 is 1.26 bits per heavy atom. The zero-order valence-corrected chi connectivity index (χ0v) is 11.8. The van der Waals surface area contributed by atoms with E-state index in [1.807, 2.05) is 10.5 Å². The van der Waals surface area contributed by atoms with Crippen LogP contribution in [0.4, 0.5) is 0 Å². The van der Waals surface area contributed by atoms with Crippen molar-refractivity contribution in [3.8, 4) is 0 Å². The zero-order valence-electron chi connectivity index (χ0n) is 11.1. The summed E-state index contributed by atoms with van der Waals surface area (Å²) >= 11 is 6.36. The molecule has 19 heavy (non-hydrogen) atoms. The molecule has 102 valence electrons. The summed E-state index contributed by atoms with van der Waals surface area (Å²) in [5.74, 6) is 0.911. The molecule has 6 heteroatoms. The molecule has 2 aromatic heterocycles. The Bertz CT molecular complexity index is 574. The molecule has 3 rings (SSSR count). The van der Waals surface area contributed by atoms with Gasteiger partial charge in [0.05, 0.1) is 0 Å². The van der Waals surface area contributed by atoms with Gasteiger partial charge >= 0.3 is 0 Å². The van der Waals surface area contributed by atoms with Crippen molar-refractivity contribution >= 4 is 17.2 Å². The van der Waals surface area contributed by atoms with Gasteiger partial charge in [-0.05, 0) is 17.7 Å². The van der Waals surface area contributed by atoms with E-state index in [0.29, 0.717) is 5.15 Å². The molecule has 0 amide bonds. The molecular formula is C13H18ClN5. The number of fused-ring (bicyclic) bond motifs is 1. The summed E-state index contributed by atoms with van der Waals surface area (Å²) in [6.45, 7) is 7.25. The molecule has 0 saturated carbocycles. The van der Waals surface area contributed by atoms with E-state index in [-0.39, 0.29) is 0 Å². The highest BCUT2D eigenvalue weighted by molar-refractivity contribution is 6.29. The van der Waals surface area contributed by atoms with Crippen molar-refractivity contribution in [1.82, 2.24) is 24.8 Å². The number of halogens is 1. The number of nitrogens with zero attached hydrogens (tertiary/aromatic N) is 4. The quantitative estimate of drug-likeness (QED) is 0.862. The smallest absolute Gasteiger partial charge is 0.162 e. The van der Waals surface area contributed by atoms with E-state index < -0.39 is 0 Å². The SMILES string of the molecule is CCc1nnc2cc(CN3CCNCC3)cc(Cl)n12. The van der Waals surface area contributed by atoms with Crippen molar-refractivity contribution in [3.05, 3.63) is 28.7 Å². The van der Waals surface area contributed by atoms with Crippen LogP contribution in [0.15, 0.2) is 12.1 Å². The van der Waals surface area contributed by atoms with Gasteiger partial charge in [0, 0.05) is 39.1 Å². The number of pyridine rings is 1. The molecule has 1 N–H and O–H groups in total. The van der Waals surface area contributed by atoms with Crippen molar-refractivity contribution in [2.45, 2.75) is 19.9 Å². The van der Waals surface area contributed by atoms with Gasteiger partial charge in [-0.2, -0.15) is 0 Å². The second-order valence-corrected chi connectivity index (χ2v) is 5.26. The molecule has 0 atom stereocenters. The van der Waals surface area contributed by atoms with Crippen molar-refractivity contribution in [3.63, 3.8) is 0 Å².